The van der Waals surface area contributed by atoms with Gasteiger partial charge in [0.05, 0.1) is 0 Å². The van der Waals surface area contributed by atoms with Crippen LogP contribution in [0.2, 0.25) is 5.15 Å². The second kappa shape index (κ2) is 3.82. The molecule has 2 aliphatic rings. The molecular formula is C13H15ClN2O3. The van der Waals surface area contributed by atoms with Crippen LogP contribution < -0.4 is 0 Å². The summed E-state index contributed by atoms with van der Waals surface area (Å²) in [4.78, 5) is 23.6. The molecule has 1 aromatic rings. The number of carbonyl (C=O) groups excluding carboxylic acids is 2. The maximum atomic E-state index is 11.9. The third-order valence-corrected chi connectivity index (χ3v) is 3.75. The fourth-order valence-electron chi connectivity index (χ4n) is 2.55. The van der Waals surface area contributed by atoms with Crippen molar-refractivity contribution in [2.45, 2.75) is 45.3 Å². The highest BCUT2D eigenvalue weighted by atomic mass is 35.5. The number of halogens is 1. The number of nitrogens with zero attached hydrogens (tertiary/aromatic N) is 2. The van der Waals surface area contributed by atoms with Crippen LogP contribution in [0.5, 0.6) is 0 Å². The molecule has 3 rings (SSSR count). The number of hydrogen-bond donors (Lipinski definition) is 0. The van der Waals surface area contributed by atoms with Gasteiger partial charge in [0, 0.05) is 17.4 Å². The molecule has 0 saturated heterocycles. The van der Waals surface area contributed by atoms with Crippen LogP contribution in [0.25, 0.3) is 0 Å². The summed E-state index contributed by atoms with van der Waals surface area (Å²) < 4.78 is 6.59. The summed E-state index contributed by atoms with van der Waals surface area (Å²) in [5.41, 5.74) is 0.714. The number of ketones is 1. The molecule has 102 valence electrons. The van der Waals surface area contributed by atoms with Crippen molar-refractivity contribution >= 4 is 23.4 Å². The average Bonchev–Trinajstić information content (AvgIpc) is 2.90. The molecule has 1 saturated carbocycles. The lowest BCUT2D eigenvalue weighted by molar-refractivity contribution is -0.155. The zero-order valence-corrected chi connectivity index (χ0v) is 11.8. The monoisotopic (exact) mass is 282 g/mol. The van der Waals surface area contributed by atoms with Crippen molar-refractivity contribution in [1.29, 1.82) is 0 Å². The number of fused-ring (bicyclic) bond motifs is 3. The van der Waals surface area contributed by atoms with E-state index < -0.39 is 11.6 Å². The van der Waals surface area contributed by atoms with Gasteiger partial charge in [-0.3, -0.25) is 9.59 Å². The first kappa shape index (κ1) is 12.7. The maximum absolute atomic E-state index is 11.9. The van der Waals surface area contributed by atoms with Crippen molar-refractivity contribution in [2.75, 3.05) is 0 Å². The van der Waals surface area contributed by atoms with Gasteiger partial charge in [0.25, 0.3) is 0 Å². The smallest absolute Gasteiger partial charge is 0.328 e. The first-order valence-corrected chi connectivity index (χ1v) is 6.68. The molecule has 1 heterocycles. The highest BCUT2D eigenvalue weighted by Crippen LogP contribution is 2.57. The summed E-state index contributed by atoms with van der Waals surface area (Å²) in [6.07, 6.45) is 0.865. The molecule has 2 aliphatic carbocycles. The van der Waals surface area contributed by atoms with Gasteiger partial charge in [-0.1, -0.05) is 11.6 Å². The van der Waals surface area contributed by atoms with Gasteiger partial charge in [0.2, 0.25) is 0 Å². The van der Waals surface area contributed by atoms with Crippen LogP contribution in [-0.2, 0) is 16.1 Å². The number of hydrogen-bond acceptors (Lipinski definition) is 4. The predicted molar refractivity (Wildman–Crippen MR) is 68.3 cm³/mol. The second-order valence-electron chi connectivity index (χ2n) is 6.11. The minimum Gasteiger partial charge on any atom is -0.459 e. The van der Waals surface area contributed by atoms with Crippen LogP contribution >= 0.6 is 11.6 Å². The van der Waals surface area contributed by atoms with Gasteiger partial charge in [0.15, 0.2) is 5.78 Å². The lowest BCUT2D eigenvalue weighted by Crippen LogP contribution is -2.27. The molecule has 6 heteroatoms. The van der Waals surface area contributed by atoms with E-state index in [9.17, 15) is 9.59 Å². The molecule has 0 N–H and O–H groups in total. The van der Waals surface area contributed by atoms with E-state index in [1.165, 1.54) is 4.68 Å². The Morgan fingerprint density at radius 1 is 1.47 bits per heavy atom. The number of aromatic nitrogens is 2. The summed E-state index contributed by atoms with van der Waals surface area (Å²) in [6, 6.07) is 0. The van der Waals surface area contributed by atoms with Crippen molar-refractivity contribution in [1.82, 2.24) is 9.78 Å². The van der Waals surface area contributed by atoms with E-state index >= 15 is 0 Å². The molecule has 0 spiro atoms. The van der Waals surface area contributed by atoms with Crippen LogP contribution in [0.3, 0.4) is 0 Å². The third-order valence-electron chi connectivity index (χ3n) is 3.35. The highest BCUT2D eigenvalue weighted by Gasteiger charge is 2.55. The minimum absolute atomic E-state index is 0.0600. The Morgan fingerprint density at radius 3 is 2.74 bits per heavy atom. The molecule has 0 aliphatic heterocycles. The van der Waals surface area contributed by atoms with E-state index in [4.69, 9.17) is 16.3 Å². The topological polar surface area (TPSA) is 61.2 Å². The fourth-order valence-corrected chi connectivity index (χ4v) is 2.87. The van der Waals surface area contributed by atoms with Gasteiger partial charge < -0.3 is 4.74 Å². The van der Waals surface area contributed by atoms with E-state index in [1.807, 2.05) is 0 Å². The van der Waals surface area contributed by atoms with Gasteiger partial charge in [-0.2, -0.15) is 5.10 Å². The van der Waals surface area contributed by atoms with E-state index in [0.717, 1.165) is 12.0 Å². The first-order chi connectivity index (χ1) is 8.78. The lowest BCUT2D eigenvalue weighted by Gasteiger charge is -2.19. The average molecular weight is 283 g/mol. The zero-order chi connectivity index (χ0) is 13.9. The molecule has 1 unspecified atom stereocenters. The largest absolute Gasteiger partial charge is 0.459 e. The van der Waals surface area contributed by atoms with Crippen molar-refractivity contribution in [3.05, 3.63) is 16.4 Å². The van der Waals surface area contributed by atoms with Gasteiger partial charge >= 0.3 is 5.97 Å². The predicted octanol–water partition coefficient (Wildman–Crippen LogP) is 2.18. The van der Waals surface area contributed by atoms with Crippen LogP contribution in [0, 0.1) is 5.92 Å². The molecule has 2 atom stereocenters. The Bertz CT molecular complexity index is 585. The minimum atomic E-state index is -0.545. The summed E-state index contributed by atoms with van der Waals surface area (Å²) in [5, 5.41) is 4.56. The maximum Gasteiger partial charge on any atom is 0.328 e. The third kappa shape index (κ3) is 2.06. The van der Waals surface area contributed by atoms with Gasteiger partial charge in [-0.05, 0) is 27.2 Å². The van der Waals surface area contributed by atoms with Crippen LogP contribution in [0.4, 0.5) is 0 Å². The van der Waals surface area contributed by atoms with Gasteiger partial charge in [-0.15, -0.1) is 0 Å². The molecule has 0 radical (unpaired) electrons. The number of ether oxygens (including phenoxy) is 1. The van der Waals surface area contributed by atoms with Crippen molar-refractivity contribution < 1.29 is 14.3 Å². The molecular weight excluding hydrogens is 268 g/mol. The lowest BCUT2D eigenvalue weighted by atomic mass is 10.2. The zero-order valence-electron chi connectivity index (χ0n) is 11.1. The summed E-state index contributed by atoms with van der Waals surface area (Å²) in [5.74, 6) is -0.0335. The Kier molecular flexibility index (Phi) is 2.55. The van der Waals surface area contributed by atoms with Crippen LogP contribution in [-0.4, -0.2) is 27.1 Å². The molecule has 5 nitrogen and oxygen atoms in total. The van der Waals surface area contributed by atoms with Gasteiger partial charge in [0.1, 0.15) is 23.0 Å². The Morgan fingerprint density at radius 2 is 2.16 bits per heavy atom. The number of carbonyl (C=O) groups is 2. The van der Waals surface area contributed by atoms with E-state index in [2.05, 4.69) is 5.10 Å². The summed E-state index contributed by atoms with van der Waals surface area (Å²) in [7, 11) is 0. The molecule has 1 fully saturated rings. The highest BCUT2D eigenvalue weighted by molar-refractivity contribution is 6.31. The fraction of sp³-hybridized carbons (Fsp3) is 0.615. The number of rotatable bonds is 2. The number of esters is 1. The van der Waals surface area contributed by atoms with E-state index in [1.54, 1.807) is 20.8 Å². The van der Waals surface area contributed by atoms with E-state index in [-0.39, 0.29) is 24.2 Å². The van der Waals surface area contributed by atoms with E-state index in [0.29, 0.717) is 10.8 Å². The summed E-state index contributed by atoms with van der Waals surface area (Å²) in [6.45, 7) is 5.34. The quantitative estimate of drug-likeness (QED) is 0.780. The normalized spacial score (nSPS) is 24.1. The van der Waals surface area contributed by atoms with Crippen LogP contribution in [0.1, 0.15) is 49.2 Å². The SMILES string of the molecule is CC(C)(C)OC(=O)Cn1nc2c(c1Cl)[C@H]1CC1C2=O. The van der Waals surface area contributed by atoms with Crippen molar-refractivity contribution in [3.63, 3.8) is 0 Å². The Hall–Kier alpha value is -1.36. The van der Waals surface area contributed by atoms with Gasteiger partial charge in [-0.25, -0.2) is 4.68 Å². The Balaban J connectivity index is 1.81. The standard InChI is InChI=1S/C13H15ClN2O3/c1-13(2,3)19-8(17)5-16-12(14)9-6-4-7(6)11(18)10(9)15-16/h6-7H,4-5H2,1-3H3/t6-,7?/m0/s1. The molecule has 0 bridgehead atoms. The van der Waals surface area contributed by atoms with Crippen LogP contribution in [0.15, 0.2) is 0 Å². The van der Waals surface area contributed by atoms with Crippen molar-refractivity contribution in [2.24, 2.45) is 5.92 Å². The molecule has 19 heavy (non-hydrogen) atoms. The molecule has 0 amide bonds. The van der Waals surface area contributed by atoms with Crippen molar-refractivity contribution in [3.8, 4) is 0 Å². The second-order valence-corrected chi connectivity index (χ2v) is 6.47. The first-order valence-electron chi connectivity index (χ1n) is 6.30. The molecule has 1 aromatic heterocycles. The summed E-state index contributed by atoms with van der Waals surface area (Å²) >= 11 is 6.21. The molecule has 0 aromatic carbocycles. The Labute approximate surface area is 115 Å². The number of Topliss-reactive ketones (excluding diaryl/α,β-unsaturated/α-hetero) is 1.